The van der Waals surface area contributed by atoms with Gasteiger partial charge in [-0.1, -0.05) is 26.0 Å². The standard InChI is InChI=1S/C16H23N3O2/c1-11-7-12(2)10-19(9-11)16(21)13-5-3-4-6-14(13)18-15(20)8-17/h3-6,11-12H,7-10,17H2,1-2H3,(H,18,20). The molecular weight excluding hydrogens is 266 g/mol. The van der Waals surface area contributed by atoms with E-state index in [1.54, 1.807) is 18.2 Å². The topological polar surface area (TPSA) is 75.4 Å². The predicted molar refractivity (Wildman–Crippen MR) is 83.0 cm³/mol. The molecule has 1 saturated heterocycles. The van der Waals surface area contributed by atoms with Gasteiger partial charge in [0.25, 0.3) is 5.91 Å². The number of nitrogens with one attached hydrogen (secondary N) is 1. The molecule has 5 heteroatoms. The van der Waals surface area contributed by atoms with Crippen molar-refractivity contribution in [2.24, 2.45) is 17.6 Å². The molecule has 1 aromatic carbocycles. The number of nitrogens with two attached hydrogens (primary N) is 1. The van der Waals surface area contributed by atoms with Crippen LogP contribution in [0.25, 0.3) is 0 Å². The molecular formula is C16H23N3O2. The van der Waals surface area contributed by atoms with Crippen LogP contribution in [0.4, 0.5) is 5.69 Å². The predicted octanol–water partition coefficient (Wildman–Crippen LogP) is 1.70. The monoisotopic (exact) mass is 289 g/mol. The van der Waals surface area contributed by atoms with E-state index in [9.17, 15) is 9.59 Å². The number of anilines is 1. The Bertz CT molecular complexity index is 520. The molecule has 3 N–H and O–H groups in total. The van der Waals surface area contributed by atoms with Gasteiger partial charge in [-0.15, -0.1) is 0 Å². The van der Waals surface area contributed by atoms with E-state index in [0.717, 1.165) is 19.5 Å². The van der Waals surface area contributed by atoms with Gasteiger partial charge in [0.1, 0.15) is 0 Å². The molecule has 1 aromatic rings. The Morgan fingerprint density at radius 1 is 1.24 bits per heavy atom. The van der Waals surface area contributed by atoms with Gasteiger partial charge in [-0.25, -0.2) is 0 Å². The molecule has 1 fully saturated rings. The summed E-state index contributed by atoms with van der Waals surface area (Å²) in [4.78, 5) is 26.1. The van der Waals surface area contributed by atoms with E-state index in [1.807, 2.05) is 11.0 Å². The van der Waals surface area contributed by atoms with Crippen molar-refractivity contribution in [3.8, 4) is 0 Å². The summed E-state index contributed by atoms with van der Waals surface area (Å²) in [6.45, 7) is 5.76. The summed E-state index contributed by atoms with van der Waals surface area (Å²) < 4.78 is 0. The van der Waals surface area contributed by atoms with Gasteiger partial charge >= 0.3 is 0 Å². The Morgan fingerprint density at radius 2 is 1.86 bits per heavy atom. The van der Waals surface area contributed by atoms with Crippen molar-refractivity contribution >= 4 is 17.5 Å². The molecule has 1 aliphatic rings. The van der Waals surface area contributed by atoms with Gasteiger partial charge in [0.05, 0.1) is 17.8 Å². The first-order chi connectivity index (χ1) is 10.0. The van der Waals surface area contributed by atoms with Crippen LogP contribution in [0.1, 0.15) is 30.6 Å². The fourth-order valence-corrected chi connectivity index (χ4v) is 2.98. The van der Waals surface area contributed by atoms with Gasteiger partial charge in [0, 0.05) is 13.1 Å². The average Bonchev–Trinajstić information content (AvgIpc) is 2.46. The van der Waals surface area contributed by atoms with E-state index in [4.69, 9.17) is 5.73 Å². The highest BCUT2D eigenvalue weighted by Crippen LogP contribution is 2.24. The van der Waals surface area contributed by atoms with Crippen molar-refractivity contribution in [2.45, 2.75) is 20.3 Å². The molecule has 0 spiro atoms. The van der Waals surface area contributed by atoms with Crippen LogP contribution >= 0.6 is 0 Å². The molecule has 1 heterocycles. The maximum Gasteiger partial charge on any atom is 0.255 e. The zero-order valence-electron chi connectivity index (χ0n) is 12.6. The second-order valence-corrected chi connectivity index (χ2v) is 5.95. The summed E-state index contributed by atoms with van der Waals surface area (Å²) in [5.41, 5.74) is 6.38. The lowest BCUT2D eigenvalue weighted by molar-refractivity contribution is -0.114. The van der Waals surface area contributed by atoms with Crippen LogP contribution in [0.3, 0.4) is 0 Å². The molecule has 2 atom stereocenters. The van der Waals surface area contributed by atoms with Crippen molar-refractivity contribution < 1.29 is 9.59 Å². The second-order valence-electron chi connectivity index (χ2n) is 5.95. The fourth-order valence-electron chi connectivity index (χ4n) is 2.98. The Kier molecular flexibility index (Phi) is 4.96. The van der Waals surface area contributed by atoms with Gasteiger partial charge in [-0.3, -0.25) is 9.59 Å². The van der Waals surface area contributed by atoms with Crippen LogP contribution in [0, 0.1) is 11.8 Å². The molecule has 0 saturated carbocycles. The third-order valence-electron chi connectivity index (χ3n) is 3.77. The third-order valence-corrected chi connectivity index (χ3v) is 3.77. The van der Waals surface area contributed by atoms with Crippen LogP contribution in [-0.2, 0) is 4.79 Å². The number of amides is 2. The van der Waals surface area contributed by atoms with E-state index in [2.05, 4.69) is 19.2 Å². The third kappa shape index (κ3) is 3.82. The minimum Gasteiger partial charge on any atom is -0.338 e. The zero-order valence-corrected chi connectivity index (χ0v) is 12.6. The lowest BCUT2D eigenvalue weighted by atomic mass is 9.91. The van der Waals surface area contributed by atoms with Crippen LogP contribution in [0.2, 0.25) is 0 Å². The Morgan fingerprint density at radius 3 is 2.48 bits per heavy atom. The lowest BCUT2D eigenvalue weighted by Gasteiger charge is -2.35. The molecule has 2 unspecified atom stereocenters. The summed E-state index contributed by atoms with van der Waals surface area (Å²) in [5, 5.41) is 2.69. The summed E-state index contributed by atoms with van der Waals surface area (Å²) in [6.07, 6.45) is 1.15. The number of benzene rings is 1. The number of likely N-dealkylation sites (tertiary alicyclic amines) is 1. The number of hydrogen-bond acceptors (Lipinski definition) is 3. The number of hydrogen-bond donors (Lipinski definition) is 2. The quantitative estimate of drug-likeness (QED) is 0.889. The first-order valence-electron chi connectivity index (χ1n) is 7.39. The highest BCUT2D eigenvalue weighted by Gasteiger charge is 2.27. The van der Waals surface area contributed by atoms with Crippen molar-refractivity contribution in [1.82, 2.24) is 4.90 Å². The summed E-state index contributed by atoms with van der Waals surface area (Å²) in [6, 6.07) is 7.09. The molecule has 21 heavy (non-hydrogen) atoms. The minimum absolute atomic E-state index is 0.0266. The van der Waals surface area contributed by atoms with Crippen molar-refractivity contribution in [3.05, 3.63) is 29.8 Å². The van der Waals surface area contributed by atoms with Crippen LogP contribution < -0.4 is 11.1 Å². The number of carbonyl (C=O) groups is 2. The maximum atomic E-state index is 12.7. The maximum absolute atomic E-state index is 12.7. The van der Waals surface area contributed by atoms with Gasteiger partial charge in [0.15, 0.2) is 0 Å². The molecule has 114 valence electrons. The number of nitrogens with zero attached hydrogens (tertiary/aromatic N) is 1. The summed E-state index contributed by atoms with van der Waals surface area (Å²) in [7, 11) is 0. The van der Waals surface area contributed by atoms with Crippen LogP contribution in [-0.4, -0.2) is 36.3 Å². The Hall–Kier alpha value is -1.88. The van der Waals surface area contributed by atoms with Gasteiger partial charge < -0.3 is 16.0 Å². The minimum atomic E-state index is -0.296. The number of para-hydroxylation sites is 1. The van der Waals surface area contributed by atoms with E-state index in [0.29, 0.717) is 23.1 Å². The molecule has 0 aliphatic carbocycles. The molecule has 0 aromatic heterocycles. The van der Waals surface area contributed by atoms with Gasteiger partial charge in [-0.05, 0) is 30.4 Å². The molecule has 2 amide bonds. The molecule has 1 aliphatic heterocycles. The average molecular weight is 289 g/mol. The Labute approximate surface area is 125 Å². The van der Waals surface area contributed by atoms with Crippen molar-refractivity contribution in [3.63, 3.8) is 0 Å². The smallest absolute Gasteiger partial charge is 0.255 e. The zero-order chi connectivity index (χ0) is 15.4. The van der Waals surface area contributed by atoms with Crippen molar-refractivity contribution in [2.75, 3.05) is 25.0 Å². The van der Waals surface area contributed by atoms with E-state index >= 15 is 0 Å². The largest absolute Gasteiger partial charge is 0.338 e. The van der Waals surface area contributed by atoms with E-state index in [1.165, 1.54) is 0 Å². The van der Waals surface area contributed by atoms with E-state index in [-0.39, 0.29) is 18.4 Å². The highest BCUT2D eigenvalue weighted by atomic mass is 16.2. The lowest BCUT2D eigenvalue weighted by Crippen LogP contribution is -2.42. The Balaban J connectivity index is 2.20. The molecule has 0 radical (unpaired) electrons. The molecule has 0 bridgehead atoms. The summed E-state index contributed by atoms with van der Waals surface area (Å²) in [5.74, 6) is 0.684. The number of carbonyl (C=O) groups excluding carboxylic acids is 2. The van der Waals surface area contributed by atoms with Crippen molar-refractivity contribution in [1.29, 1.82) is 0 Å². The normalized spacial score (nSPS) is 22.0. The van der Waals surface area contributed by atoms with Gasteiger partial charge in [0.2, 0.25) is 5.91 Å². The van der Waals surface area contributed by atoms with Crippen LogP contribution in [0.15, 0.2) is 24.3 Å². The second kappa shape index (κ2) is 6.72. The first kappa shape index (κ1) is 15.5. The fraction of sp³-hybridized carbons (Fsp3) is 0.500. The van der Waals surface area contributed by atoms with Crippen LogP contribution in [0.5, 0.6) is 0 Å². The molecule has 2 rings (SSSR count). The summed E-state index contributed by atoms with van der Waals surface area (Å²) >= 11 is 0. The first-order valence-corrected chi connectivity index (χ1v) is 7.39. The molecule has 5 nitrogen and oxygen atoms in total. The highest BCUT2D eigenvalue weighted by molar-refractivity contribution is 6.04. The number of piperidine rings is 1. The number of rotatable bonds is 3. The van der Waals surface area contributed by atoms with E-state index < -0.39 is 0 Å². The van der Waals surface area contributed by atoms with Gasteiger partial charge in [-0.2, -0.15) is 0 Å². The SMILES string of the molecule is CC1CC(C)CN(C(=O)c2ccccc2NC(=O)CN)C1.